The summed E-state index contributed by atoms with van der Waals surface area (Å²) < 4.78 is 8.90. The van der Waals surface area contributed by atoms with Crippen LogP contribution in [0.15, 0.2) is 36.0 Å². The van der Waals surface area contributed by atoms with Gasteiger partial charge in [-0.25, -0.2) is 9.97 Å². The van der Waals surface area contributed by atoms with Crippen LogP contribution in [-0.2, 0) is 4.79 Å². The van der Waals surface area contributed by atoms with Gasteiger partial charge in [-0.15, -0.1) is 11.3 Å². The normalized spacial score (nSPS) is 11.5. The second kappa shape index (κ2) is 6.96. The molecule has 0 saturated heterocycles. The van der Waals surface area contributed by atoms with E-state index in [0.29, 0.717) is 22.9 Å². The summed E-state index contributed by atoms with van der Waals surface area (Å²) in [6, 6.07) is 8.33. The van der Waals surface area contributed by atoms with Gasteiger partial charge in [-0.05, 0) is 19.9 Å². The van der Waals surface area contributed by atoms with E-state index in [1.54, 1.807) is 17.7 Å². The number of nitrogens with two attached hydrogens (primary N) is 1. The van der Waals surface area contributed by atoms with Crippen molar-refractivity contribution in [1.29, 1.82) is 0 Å². The quantitative estimate of drug-likeness (QED) is 0.551. The number of hydrogen-bond donors (Lipinski definition) is 1. The number of imidazole rings is 1. The Morgan fingerprint density at radius 1 is 1.30 bits per heavy atom. The summed E-state index contributed by atoms with van der Waals surface area (Å²) in [6.07, 6.45) is 1.85. The number of primary amides is 1. The molecule has 0 saturated carbocycles. The van der Waals surface area contributed by atoms with E-state index in [2.05, 4.69) is 41.3 Å². The maximum atomic E-state index is 11.0. The Morgan fingerprint density at radius 3 is 2.89 bits per heavy atom. The van der Waals surface area contributed by atoms with Crippen molar-refractivity contribution in [2.45, 2.75) is 26.3 Å². The zero-order chi connectivity index (χ0) is 19.0. The minimum atomic E-state index is -0.419. The lowest BCUT2D eigenvalue weighted by Gasteiger charge is -2.10. The molecule has 2 N–H and O–H groups in total. The summed E-state index contributed by atoms with van der Waals surface area (Å²) in [5.41, 5.74) is 7.45. The van der Waals surface area contributed by atoms with Crippen molar-refractivity contribution in [1.82, 2.24) is 19.5 Å². The molecule has 0 fully saturated rings. The Labute approximate surface area is 159 Å². The number of ether oxygens (including phenoxy) is 1. The number of fused-ring (bicyclic) bond motifs is 2. The number of rotatable bonds is 6. The van der Waals surface area contributed by atoms with Crippen LogP contribution in [0.4, 0.5) is 0 Å². The smallest absolute Gasteiger partial charge is 0.246 e. The third-order valence-corrected chi connectivity index (χ3v) is 5.22. The fourth-order valence-electron chi connectivity index (χ4n) is 2.89. The van der Waals surface area contributed by atoms with Gasteiger partial charge in [0.15, 0.2) is 17.0 Å². The second-order valence-electron chi connectivity index (χ2n) is 6.48. The van der Waals surface area contributed by atoms with Crippen LogP contribution in [0, 0.1) is 0 Å². The molecule has 1 amide bonds. The van der Waals surface area contributed by atoms with Crippen LogP contribution in [0.3, 0.4) is 0 Å². The first-order valence-electron chi connectivity index (χ1n) is 8.67. The van der Waals surface area contributed by atoms with Crippen molar-refractivity contribution in [3.63, 3.8) is 0 Å². The standard InChI is InChI=1S/C19H19N5O2S/c1-11(2)24-10-21-16-18(24)22-17(23-19(16)26-8-7-15(20)25)13-9-27-14-6-4-3-5-12(13)14/h3-6,9-11H,7-8H2,1-2H3,(H2,20,25). The van der Waals surface area contributed by atoms with E-state index in [9.17, 15) is 4.79 Å². The summed E-state index contributed by atoms with van der Waals surface area (Å²) >= 11 is 1.65. The van der Waals surface area contributed by atoms with Crippen molar-refractivity contribution in [3.05, 3.63) is 36.0 Å². The third kappa shape index (κ3) is 3.23. The Hall–Kier alpha value is -3.00. The SMILES string of the molecule is CC(C)n1cnc2c(OCCC(N)=O)nc(-c3csc4ccccc34)nc21. The van der Waals surface area contributed by atoms with E-state index in [1.807, 2.05) is 16.7 Å². The van der Waals surface area contributed by atoms with Gasteiger partial charge in [-0.2, -0.15) is 4.98 Å². The molecule has 0 aliphatic heterocycles. The molecular weight excluding hydrogens is 362 g/mol. The van der Waals surface area contributed by atoms with Crippen LogP contribution in [-0.4, -0.2) is 32.0 Å². The number of thiophene rings is 1. The molecule has 4 rings (SSSR count). The van der Waals surface area contributed by atoms with Crippen molar-refractivity contribution in [2.75, 3.05) is 6.61 Å². The van der Waals surface area contributed by atoms with E-state index in [4.69, 9.17) is 15.5 Å². The molecule has 3 heterocycles. The molecule has 138 valence electrons. The summed E-state index contributed by atoms with van der Waals surface area (Å²) in [6.45, 7) is 4.28. The molecule has 0 bridgehead atoms. The summed E-state index contributed by atoms with van der Waals surface area (Å²) in [5, 5.41) is 3.15. The van der Waals surface area contributed by atoms with Crippen LogP contribution >= 0.6 is 11.3 Å². The molecule has 0 unspecified atom stereocenters. The Kier molecular flexibility index (Phi) is 4.49. The summed E-state index contributed by atoms with van der Waals surface area (Å²) in [4.78, 5) is 24.8. The Balaban J connectivity index is 1.87. The topological polar surface area (TPSA) is 95.9 Å². The van der Waals surface area contributed by atoms with Gasteiger partial charge in [0.25, 0.3) is 0 Å². The van der Waals surface area contributed by atoms with Gasteiger partial charge < -0.3 is 15.0 Å². The number of aromatic nitrogens is 4. The van der Waals surface area contributed by atoms with Crippen LogP contribution in [0.1, 0.15) is 26.3 Å². The molecule has 0 aliphatic carbocycles. The molecule has 4 aromatic rings. The van der Waals surface area contributed by atoms with Crippen molar-refractivity contribution in [2.24, 2.45) is 5.73 Å². The zero-order valence-corrected chi connectivity index (χ0v) is 15.9. The van der Waals surface area contributed by atoms with E-state index in [1.165, 1.54) is 4.70 Å². The first-order chi connectivity index (χ1) is 13.0. The average molecular weight is 381 g/mol. The summed E-state index contributed by atoms with van der Waals surface area (Å²) in [5.74, 6) is 0.527. The second-order valence-corrected chi connectivity index (χ2v) is 7.39. The van der Waals surface area contributed by atoms with Gasteiger partial charge in [0.05, 0.1) is 19.4 Å². The predicted octanol–water partition coefficient (Wildman–Crippen LogP) is 3.54. The van der Waals surface area contributed by atoms with Crippen molar-refractivity contribution >= 4 is 38.5 Å². The van der Waals surface area contributed by atoms with Crippen molar-refractivity contribution in [3.8, 4) is 17.3 Å². The minimum absolute atomic E-state index is 0.118. The zero-order valence-electron chi connectivity index (χ0n) is 15.0. The number of carbonyl (C=O) groups is 1. The van der Waals surface area contributed by atoms with E-state index < -0.39 is 5.91 Å². The lowest BCUT2D eigenvalue weighted by Crippen LogP contribution is -2.15. The van der Waals surface area contributed by atoms with Crippen molar-refractivity contribution < 1.29 is 9.53 Å². The van der Waals surface area contributed by atoms with Gasteiger partial charge in [0.1, 0.15) is 0 Å². The maximum absolute atomic E-state index is 11.0. The van der Waals surface area contributed by atoms with Crippen LogP contribution in [0.5, 0.6) is 5.88 Å². The molecule has 1 aromatic carbocycles. The first-order valence-corrected chi connectivity index (χ1v) is 9.55. The van der Waals surface area contributed by atoms with Gasteiger partial charge in [-0.3, -0.25) is 4.79 Å². The predicted molar refractivity (Wildman–Crippen MR) is 106 cm³/mol. The highest BCUT2D eigenvalue weighted by atomic mass is 32.1. The number of amides is 1. The van der Waals surface area contributed by atoms with Gasteiger partial charge in [0, 0.05) is 27.1 Å². The number of nitrogens with zero attached hydrogens (tertiary/aromatic N) is 4. The minimum Gasteiger partial charge on any atom is -0.475 e. The molecule has 0 aliphatic rings. The molecule has 0 spiro atoms. The van der Waals surface area contributed by atoms with E-state index in [0.717, 1.165) is 10.9 Å². The van der Waals surface area contributed by atoms with Gasteiger partial charge in [-0.1, -0.05) is 18.2 Å². The lowest BCUT2D eigenvalue weighted by molar-refractivity contribution is -0.118. The fraction of sp³-hybridized carbons (Fsp3) is 0.263. The monoisotopic (exact) mass is 381 g/mol. The largest absolute Gasteiger partial charge is 0.475 e. The first kappa shape index (κ1) is 17.4. The molecular formula is C19H19N5O2S. The highest BCUT2D eigenvalue weighted by Crippen LogP contribution is 2.34. The third-order valence-electron chi connectivity index (χ3n) is 4.25. The van der Waals surface area contributed by atoms with Gasteiger partial charge >= 0.3 is 0 Å². The molecule has 8 heteroatoms. The van der Waals surface area contributed by atoms with Crippen LogP contribution in [0.25, 0.3) is 32.6 Å². The van der Waals surface area contributed by atoms with Crippen LogP contribution in [0.2, 0.25) is 0 Å². The Bertz CT molecular complexity index is 1130. The highest BCUT2D eigenvalue weighted by molar-refractivity contribution is 7.17. The molecule has 0 atom stereocenters. The number of carbonyl (C=O) groups excluding carboxylic acids is 1. The fourth-order valence-corrected chi connectivity index (χ4v) is 3.83. The Morgan fingerprint density at radius 2 is 2.11 bits per heavy atom. The average Bonchev–Trinajstić information content (AvgIpc) is 3.25. The van der Waals surface area contributed by atoms with Crippen LogP contribution < -0.4 is 10.5 Å². The molecule has 3 aromatic heterocycles. The molecule has 7 nitrogen and oxygen atoms in total. The summed E-state index contributed by atoms with van der Waals surface area (Å²) in [7, 11) is 0. The molecule has 0 radical (unpaired) electrons. The number of benzene rings is 1. The van der Waals surface area contributed by atoms with E-state index in [-0.39, 0.29) is 19.1 Å². The maximum Gasteiger partial charge on any atom is 0.246 e. The molecule has 27 heavy (non-hydrogen) atoms. The van der Waals surface area contributed by atoms with E-state index >= 15 is 0 Å². The number of hydrogen-bond acceptors (Lipinski definition) is 6. The highest BCUT2D eigenvalue weighted by Gasteiger charge is 2.18. The lowest BCUT2D eigenvalue weighted by atomic mass is 10.1. The van der Waals surface area contributed by atoms with Gasteiger partial charge in [0.2, 0.25) is 11.8 Å².